The highest BCUT2D eigenvalue weighted by molar-refractivity contribution is 5.86. The summed E-state index contributed by atoms with van der Waals surface area (Å²) in [6, 6.07) is 8.52. The summed E-state index contributed by atoms with van der Waals surface area (Å²) >= 11 is 0. The third kappa shape index (κ3) is 2.85. The van der Waals surface area contributed by atoms with Crippen molar-refractivity contribution in [2.75, 3.05) is 0 Å². The summed E-state index contributed by atoms with van der Waals surface area (Å²) in [5, 5.41) is 5.24. The molecule has 0 N–H and O–H groups in total. The maximum Gasteiger partial charge on any atom is 0.261 e. The molecule has 4 aromatic rings. The van der Waals surface area contributed by atoms with Crippen molar-refractivity contribution in [1.82, 2.24) is 19.2 Å². The summed E-state index contributed by atoms with van der Waals surface area (Å²) < 4.78 is 17.0. The maximum atomic E-state index is 13.4. The third-order valence-corrected chi connectivity index (χ3v) is 6.87. The lowest BCUT2D eigenvalue weighted by Crippen LogP contribution is -2.33. The van der Waals surface area contributed by atoms with Crippen molar-refractivity contribution in [3.8, 4) is 11.1 Å². The van der Waals surface area contributed by atoms with Gasteiger partial charge >= 0.3 is 0 Å². The fourth-order valence-corrected chi connectivity index (χ4v) is 4.95. The number of fused-ring (bicyclic) bond motifs is 3. The molecule has 3 atom stereocenters. The molecule has 0 amide bonds. The summed E-state index contributed by atoms with van der Waals surface area (Å²) in [4.78, 5) is 18.0. The highest BCUT2D eigenvalue weighted by Gasteiger charge is 2.29. The van der Waals surface area contributed by atoms with Gasteiger partial charge in [-0.2, -0.15) is 5.10 Å². The molecule has 3 heterocycles. The number of pyridine rings is 1. The van der Waals surface area contributed by atoms with E-state index in [1.807, 2.05) is 23.8 Å². The van der Waals surface area contributed by atoms with Crippen molar-refractivity contribution >= 4 is 16.6 Å². The standard InChI is InChI=1S/C24H25FN4O/c1-14-5-4-6-20(15(14)2)28-12-11-21-19(24(28)30)13-26-23-22(16(3)27-29(21)23)17-7-9-18(25)10-8-17/h7-15,20H,4-6H2,1-3H3/t14-,15-,20-/m0/s1. The molecule has 0 bridgehead atoms. The lowest BCUT2D eigenvalue weighted by molar-refractivity contribution is 0.183. The predicted octanol–water partition coefficient (Wildman–Crippen LogP) is 5.16. The molecule has 3 aromatic heterocycles. The van der Waals surface area contributed by atoms with Crippen molar-refractivity contribution < 1.29 is 4.39 Å². The van der Waals surface area contributed by atoms with Crippen LogP contribution in [0.5, 0.6) is 0 Å². The summed E-state index contributed by atoms with van der Waals surface area (Å²) in [5.41, 5.74) is 3.91. The Bertz CT molecular complexity index is 1310. The topological polar surface area (TPSA) is 52.2 Å². The van der Waals surface area contributed by atoms with E-state index in [0.29, 0.717) is 22.9 Å². The first-order valence-electron chi connectivity index (χ1n) is 10.6. The molecule has 154 valence electrons. The Morgan fingerprint density at radius 3 is 2.63 bits per heavy atom. The van der Waals surface area contributed by atoms with E-state index < -0.39 is 0 Å². The predicted molar refractivity (Wildman–Crippen MR) is 116 cm³/mol. The fourth-order valence-electron chi connectivity index (χ4n) is 4.95. The number of aromatic nitrogens is 4. The monoisotopic (exact) mass is 404 g/mol. The molecule has 1 aliphatic carbocycles. The molecule has 5 nitrogen and oxygen atoms in total. The molecule has 30 heavy (non-hydrogen) atoms. The Kier molecular flexibility index (Phi) is 4.45. The molecule has 1 saturated carbocycles. The van der Waals surface area contributed by atoms with Crippen molar-refractivity contribution in [3.05, 3.63) is 64.6 Å². The molecule has 6 heteroatoms. The molecular weight excluding hydrogens is 379 g/mol. The van der Waals surface area contributed by atoms with Crippen LogP contribution in [0.15, 0.2) is 47.5 Å². The minimum atomic E-state index is -0.280. The first-order chi connectivity index (χ1) is 14.5. The SMILES string of the molecule is Cc1nn2c(ncc3c(=O)n([C@H]4CCC[C@H](C)[C@@H]4C)ccc32)c1-c1ccc(F)cc1. The second kappa shape index (κ2) is 7.04. The van der Waals surface area contributed by atoms with Crippen LogP contribution < -0.4 is 5.56 Å². The minimum Gasteiger partial charge on any atom is -0.311 e. The molecule has 0 unspecified atom stereocenters. The van der Waals surface area contributed by atoms with Gasteiger partial charge in [0.2, 0.25) is 0 Å². The molecule has 1 fully saturated rings. The van der Waals surface area contributed by atoms with E-state index in [2.05, 4.69) is 23.9 Å². The van der Waals surface area contributed by atoms with Gasteiger partial charge in [0.1, 0.15) is 5.82 Å². The molecule has 1 aliphatic rings. The quantitative estimate of drug-likeness (QED) is 0.464. The molecule has 1 aromatic carbocycles. The molecule has 5 rings (SSSR count). The van der Waals surface area contributed by atoms with Gasteiger partial charge in [-0.25, -0.2) is 13.9 Å². The van der Waals surface area contributed by atoms with Gasteiger partial charge in [-0.05, 0) is 48.9 Å². The van der Waals surface area contributed by atoms with Gasteiger partial charge in [0.15, 0.2) is 5.65 Å². The van der Waals surface area contributed by atoms with Crippen molar-refractivity contribution in [1.29, 1.82) is 0 Å². The van der Waals surface area contributed by atoms with Gasteiger partial charge in [-0.15, -0.1) is 0 Å². The van der Waals surface area contributed by atoms with E-state index in [-0.39, 0.29) is 17.4 Å². The molecule has 0 spiro atoms. The number of nitrogens with zero attached hydrogens (tertiary/aromatic N) is 4. The Labute approximate surface area is 174 Å². The van der Waals surface area contributed by atoms with E-state index in [0.717, 1.165) is 35.2 Å². The second-order valence-corrected chi connectivity index (χ2v) is 8.62. The van der Waals surface area contributed by atoms with Crippen LogP contribution in [0.3, 0.4) is 0 Å². The van der Waals surface area contributed by atoms with Crippen LogP contribution in [0.1, 0.15) is 44.8 Å². The highest BCUT2D eigenvalue weighted by atomic mass is 19.1. The molecular formula is C24H25FN4O. The third-order valence-electron chi connectivity index (χ3n) is 6.87. The average Bonchev–Trinajstić information content (AvgIpc) is 3.08. The van der Waals surface area contributed by atoms with Crippen LogP contribution in [0, 0.1) is 24.6 Å². The fraction of sp³-hybridized carbons (Fsp3) is 0.375. The second-order valence-electron chi connectivity index (χ2n) is 8.62. The molecule has 0 radical (unpaired) electrons. The van der Waals surface area contributed by atoms with Crippen LogP contribution in [0.4, 0.5) is 4.39 Å². The lowest BCUT2D eigenvalue weighted by atomic mass is 9.78. The lowest BCUT2D eigenvalue weighted by Gasteiger charge is -2.35. The summed E-state index contributed by atoms with van der Waals surface area (Å²) in [6.07, 6.45) is 6.98. The molecule has 0 saturated heterocycles. The summed E-state index contributed by atoms with van der Waals surface area (Å²) in [5.74, 6) is 0.791. The van der Waals surface area contributed by atoms with Gasteiger partial charge < -0.3 is 4.57 Å². The Hall–Kier alpha value is -3.02. The maximum absolute atomic E-state index is 13.4. The van der Waals surface area contributed by atoms with E-state index in [1.54, 1.807) is 22.8 Å². The van der Waals surface area contributed by atoms with Crippen LogP contribution in [0.2, 0.25) is 0 Å². The summed E-state index contributed by atoms with van der Waals surface area (Å²) in [7, 11) is 0. The number of hydrogen-bond acceptors (Lipinski definition) is 3. The Balaban J connectivity index is 1.68. The number of halogens is 1. The van der Waals surface area contributed by atoms with Gasteiger partial charge in [-0.1, -0.05) is 38.8 Å². The van der Waals surface area contributed by atoms with Crippen LogP contribution in [0.25, 0.3) is 27.7 Å². The van der Waals surface area contributed by atoms with Crippen molar-refractivity contribution in [2.24, 2.45) is 11.8 Å². The zero-order chi connectivity index (χ0) is 21.0. The zero-order valence-electron chi connectivity index (χ0n) is 17.5. The number of aryl methyl sites for hydroxylation is 1. The van der Waals surface area contributed by atoms with Crippen molar-refractivity contribution in [2.45, 2.75) is 46.1 Å². The summed E-state index contributed by atoms with van der Waals surface area (Å²) in [6.45, 7) is 6.43. The minimum absolute atomic E-state index is 0.00987. The van der Waals surface area contributed by atoms with Gasteiger partial charge in [0.25, 0.3) is 5.56 Å². The average molecular weight is 404 g/mol. The van der Waals surface area contributed by atoms with Gasteiger partial charge in [-0.3, -0.25) is 4.79 Å². The normalized spacial score (nSPS) is 22.1. The van der Waals surface area contributed by atoms with E-state index in [4.69, 9.17) is 0 Å². The number of hydrogen-bond donors (Lipinski definition) is 0. The first kappa shape index (κ1) is 19.0. The Morgan fingerprint density at radius 1 is 1.10 bits per heavy atom. The van der Waals surface area contributed by atoms with Crippen LogP contribution in [-0.2, 0) is 0 Å². The zero-order valence-corrected chi connectivity index (χ0v) is 17.5. The van der Waals surface area contributed by atoms with Gasteiger partial charge in [0.05, 0.1) is 16.6 Å². The first-order valence-corrected chi connectivity index (χ1v) is 10.6. The van der Waals surface area contributed by atoms with E-state index in [9.17, 15) is 9.18 Å². The number of benzene rings is 1. The number of rotatable bonds is 2. The highest BCUT2D eigenvalue weighted by Crippen LogP contribution is 2.37. The molecule has 0 aliphatic heterocycles. The Morgan fingerprint density at radius 2 is 1.87 bits per heavy atom. The van der Waals surface area contributed by atoms with Gasteiger partial charge in [0, 0.05) is 24.0 Å². The van der Waals surface area contributed by atoms with Crippen molar-refractivity contribution in [3.63, 3.8) is 0 Å². The van der Waals surface area contributed by atoms with E-state index in [1.165, 1.54) is 18.6 Å². The largest absolute Gasteiger partial charge is 0.311 e. The van der Waals surface area contributed by atoms with Crippen LogP contribution >= 0.6 is 0 Å². The van der Waals surface area contributed by atoms with Crippen LogP contribution in [-0.4, -0.2) is 19.2 Å². The smallest absolute Gasteiger partial charge is 0.261 e. The van der Waals surface area contributed by atoms with E-state index >= 15 is 0 Å².